The van der Waals surface area contributed by atoms with Crippen molar-refractivity contribution in [2.24, 2.45) is 11.8 Å². The largest absolute Gasteiger partial charge is 0.462 e. The minimum Gasteiger partial charge on any atom is -0.462 e. The summed E-state index contributed by atoms with van der Waals surface area (Å²) in [5.74, 6) is 0.0750. The zero-order chi connectivity index (χ0) is 11.0. The van der Waals surface area contributed by atoms with Gasteiger partial charge < -0.3 is 9.47 Å². The molecule has 2 rings (SSSR count). The van der Waals surface area contributed by atoms with E-state index < -0.39 is 0 Å². The number of hydrogen-bond acceptors (Lipinski definition) is 4. The van der Waals surface area contributed by atoms with Crippen molar-refractivity contribution in [2.45, 2.75) is 38.9 Å². The van der Waals surface area contributed by atoms with Gasteiger partial charge in [0.2, 0.25) is 0 Å². The molecule has 0 amide bonds. The van der Waals surface area contributed by atoms with Crippen molar-refractivity contribution in [3.63, 3.8) is 0 Å². The van der Waals surface area contributed by atoms with E-state index in [1.54, 1.807) is 0 Å². The first-order valence-electron chi connectivity index (χ1n) is 5.25. The number of carbonyl (C=O) groups excluding carboxylic acids is 2. The summed E-state index contributed by atoms with van der Waals surface area (Å²) in [4.78, 5) is 21.7. The quantitative estimate of drug-likeness (QED) is 0.642. The van der Waals surface area contributed by atoms with Gasteiger partial charge in [0.1, 0.15) is 12.2 Å². The smallest absolute Gasteiger partial charge is 0.302 e. The van der Waals surface area contributed by atoms with Crippen LogP contribution in [0, 0.1) is 18.3 Å². The van der Waals surface area contributed by atoms with Gasteiger partial charge in [-0.05, 0) is 18.8 Å². The first-order chi connectivity index (χ1) is 7.06. The van der Waals surface area contributed by atoms with Crippen molar-refractivity contribution in [3.05, 3.63) is 6.42 Å². The molecule has 15 heavy (non-hydrogen) atoms. The van der Waals surface area contributed by atoms with E-state index in [1.165, 1.54) is 13.8 Å². The second-order valence-corrected chi connectivity index (χ2v) is 4.31. The molecule has 4 heteroatoms. The molecule has 0 aromatic heterocycles. The Bertz CT molecular complexity index is 260. The van der Waals surface area contributed by atoms with Crippen LogP contribution in [0.1, 0.15) is 26.7 Å². The van der Waals surface area contributed by atoms with Gasteiger partial charge in [-0.25, -0.2) is 0 Å². The summed E-state index contributed by atoms with van der Waals surface area (Å²) in [6.45, 7) is 2.82. The minimum absolute atomic E-state index is 0.0677. The summed E-state index contributed by atoms with van der Waals surface area (Å²) < 4.78 is 10.4. The fourth-order valence-electron chi connectivity index (χ4n) is 2.65. The van der Waals surface area contributed by atoms with Crippen LogP contribution in [0.5, 0.6) is 0 Å². The van der Waals surface area contributed by atoms with Crippen molar-refractivity contribution in [1.82, 2.24) is 0 Å². The van der Waals surface area contributed by atoms with Crippen LogP contribution in [0.3, 0.4) is 0 Å². The highest BCUT2D eigenvalue weighted by Crippen LogP contribution is 2.46. The summed E-state index contributed by atoms with van der Waals surface area (Å²) in [5, 5.41) is 0. The molecule has 2 fully saturated rings. The van der Waals surface area contributed by atoms with Crippen LogP contribution in [0.4, 0.5) is 0 Å². The molecular weight excluding hydrogens is 196 g/mol. The van der Waals surface area contributed by atoms with Crippen LogP contribution in [-0.4, -0.2) is 24.1 Å². The van der Waals surface area contributed by atoms with Gasteiger partial charge in [-0.1, -0.05) is 0 Å². The van der Waals surface area contributed by atoms with Crippen LogP contribution in [0.25, 0.3) is 0 Å². The van der Waals surface area contributed by atoms with Gasteiger partial charge in [0.25, 0.3) is 0 Å². The molecule has 0 aromatic rings. The average Bonchev–Trinajstić information content (AvgIpc) is 2.59. The molecule has 83 valence electrons. The van der Waals surface area contributed by atoms with Crippen molar-refractivity contribution in [1.29, 1.82) is 0 Å². The molecule has 0 N–H and O–H groups in total. The second-order valence-electron chi connectivity index (χ2n) is 4.31. The fourth-order valence-corrected chi connectivity index (χ4v) is 2.65. The molecule has 2 aliphatic rings. The summed E-state index contributed by atoms with van der Waals surface area (Å²) in [5.41, 5.74) is 0. The lowest BCUT2D eigenvalue weighted by Crippen LogP contribution is -2.35. The van der Waals surface area contributed by atoms with E-state index in [1.807, 2.05) is 0 Å². The number of hydrogen-bond donors (Lipinski definition) is 0. The van der Waals surface area contributed by atoms with Crippen molar-refractivity contribution in [3.8, 4) is 0 Å². The molecular formula is C11H15O4. The topological polar surface area (TPSA) is 52.6 Å². The van der Waals surface area contributed by atoms with Crippen LogP contribution in [0.15, 0.2) is 0 Å². The summed E-state index contributed by atoms with van der Waals surface area (Å²) in [6.07, 6.45) is 3.68. The molecule has 2 saturated carbocycles. The number of ether oxygens (including phenoxy) is 2. The van der Waals surface area contributed by atoms with E-state index in [0.717, 1.165) is 12.8 Å². The van der Waals surface area contributed by atoms with E-state index in [-0.39, 0.29) is 30.1 Å². The molecule has 2 bridgehead atoms. The maximum Gasteiger partial charge on any atom is 0.302 e. The van der Waals surface area contributed by atoms with Gasteiger partial charge in [0.15, 0.2) is 0 Å². The first kappa shape index (κ1) is 10.5. The van der Waals surface area contributed by atoms with Gasteiger partial charge in [0, 0.05) is 26.2 Å². The predicted molar refractivity (Wildman–Crippen MR) is 51.6 cm³/mol. The lowest BCUT2D eigenvalue weighted by Gasteiger charge is -2.28. The minimum atomic E-state index is -0.273. The van der Waals surface area contributed by atoms with Crippen molar-refractivity contribution >= 4 is 11.9 Å². The van der Waals surface area contributed by atoms with E-state index >= 15 is 0 Å². The van der Waals surface area contributed by atoms with Crippen molar-refractivity contribution < 1.29 is 19.1 Å². The lowest BCUT2D eigenvalue weighted by atomic mass is 9.94. The molecule has 0 aliphatic heterocycles. The molecule has 4 atom stereocenters. The molecule has 0 heterocycles. The summed E-state index contributed by atoms with van der Waals surface area (Å²) in [7, 11) is 0. The Morgan fingerprint density at radius 2 is 1.80 bits per heavy atom. The van der Waals surface area contributed by atoms with Gasteiger partial charge in [0.05, 0.1) is 0 Å². The van der Waals surface area contributed by atoms with E-state index in [2.05, 4.69) is 6.42 Å². The number of rotatable bonds is 2. The Morgan fingerprint density at radius 1 is 1.13 bits per heavy atom. The SMILES string of the molecule is CC(=O)O[C@H]1[CH][C@H]2C[C@@H]1[C@@H](OC(C)=O)C2. The van der Waals surface area contributed by atoms with E-state index in [4.69, 9.17) is 9.47 Å². The first-order valence-corrected chi connectivity index (χ1v) is 5.25. The maximum atomic E-state index is 10.9. The fraction of sp³-hybridized carbons (Fsp3) is 0.727. The standard InChI is InChI=1S/C11H15O4/c1-6(12)14-10-4-8-3-9(10)11(5-8)15-7(2)13/h4,8-11H,3,5H2,1-2H3/t8-,9+,10+,11+/m1/s1. The Morgan fingerprint density at radius 3 is 2.33 bits per heavy atom. The summed E-state index contributed by atoms with van der Waals surface area (Å²) >= 11 is 0. The van der Waals surface area contributed by atoms with Gasteiger partial charge in [-0.15, -0.1) is 0 Å². The van der Waals surface area contributed by atoms with Crippen LogP contribution >= 0.6 is 0 Å². The van der Waals surface area contributed by atoms with Gasteiger partial charge >= 0.3 is 11.9 Å². The molecule has 2 aliphatic carbocycles. The van der Waals surface area contributed by atoms with Crippen LogP contribution in [0.2, 0.25) is 0 Å². The second kappa shape index (κ2) is 3.83. The molecule has 0 spiro atoms. The van der Waals surface area contributed by atoms with Crippen LogP contribution < -0.4 is 0 Å². The highest BCUT2D eigenvalue weighted by Gasteiger charge is 2.49. The number of esters is 2. The third-order valence-electron chi connectivity index (χ3n) is 3.09. The molecule has 4 nitrogen and oxygen atoms in total. The Kier molecular flexibility index (Phi) is 2.67. The molecule has 1 radical (unpaired) electrons. The molecule has 0 aromatic carbocycles. The monoisotopic (exact) mass is 211 g/mol. The highest BCUT2D eigenvalue weighted by atomic mass is 16.6. The van der Waals surface area contributed by atoms with Crippen molar-refractivity contribution in [2.75, 3.05) is 0 Å². The van der Waals surface area contributed by atoms with E-state index in [9.17, 15) is 9.59 Å². The lowest BCUT2D eigenvalue weighted by molar-refractivity contribution is -0.156. The number of carbonyl (C=O) groups is 2. The van der Waals surface area contributed by atoms with Gasteiger partial charge in [-0.3, -0.25) is 9.59 Å². The summed E-state index contributed by atoms with van der Waals surface area (Å²) in [6, 6.07) is 0. The van der Waals surface area contributed by atoms with E-state index in [0.29, 0.717) is 5.92 Å². The normalized spacial score (nSPS) is 37.7. The zero-order valence-corrected chi connectivity index (χ0v) is 8.93. The average molecular weight is 211 g/mol. The number of fused-ring (bicyclic) bond motifs is 2. The molecule has 0 unspecified atom stereocenters. The Labute approximate surface area is 88.9 Å². The Balaban J connectivity index is 1.96. The third kappa shape index (κ3) is 2.13. The maximum absolute atomic E-state index is 10.9. The third-order valence-corrected chi connectivity index (χ3v) is 3.09. The highest BCUT2D eigenvalue weighted by molar-refractivity contribution is 5.67. The molecule has 0 saturated heterocycles. The predicted octanol–water partition coefficient (Wildman–Crippen LogP) is 1.09. The zero-order valence-electron chi connectivity index (χ0n) is 8.93. The van der Waals surface area contributed by atoms with Gasteiger partial charge in [-0.2, -0.15) is 0 Å². The Hall–Kier alpha value is -1.06. The van der Waals surface area contributed by atoms with Crippen LogP contribution in [-0.2, 0) is 19.1 Å².